The van der Waals surface area contributed by atoms with E-state index in [0.29, 0.717) is 26.4 Å². The molecule has 0 rings (SSSR count). The monoisotopic (exact) mass is 259 g/mol. The lowest BCUT2D eigenvalue weighted by molar-refractivity contribution is 0.111. The lowest BCUT2D eigenvalue weighted by atomic mass is 10.6. The quantitative estimate of drug-likeness (QED) is 0.455. The first-order valence-electron chi connectivity index (χ1n) is 4.87. The van der Waals surface area contributed by atoms with Crippen LogP contribution in [-0.2, 0) is 18.7 Å². The van der Waals surface area contributed by atoms with E-state index >= 15 is 0 Å². The van der Waals surface area contributed by atoms with Gasteiger partial charge in [-0.15, -0.1) is 0 Å². The molecule has 0 saturated heterocycles. The van der Waals surface area contributed by atoms with Gasteiger partial charge in [0.1, 0.15) is 0 Å². The number of ether oxygens (including phenoxy) is 2. The summed E-state index contributed by atoms with van der Waals surface area (Å²) < 4.78 is 33.5. The summed E-state index contributed by atoms with van der Waals surface area (Å²) in [6, 6.07) is 0. The van der Waals surface area contributed by atoms with Crippen LogP contribution in [0.15, 0.2) is 0 Å². The molecular formula is C8H18ClNO4S. The van der Waals surface area contributed by atoms with Gasteiger partial charge in [0.05, 0.1) is 13.2 Å². The fourth-order valence-corrected chi connectivity index (χ4v) is 1.95. The van der Waals surface area contributed by atoms with Crippen molar-refractivity contribution < 1.29 is 17.9 Å². The van der Waals surface area contributed by atoms with Gasteiger partial charge in [-0.1, -0.05) is 0 Å². The highest BCUT2D eigenvalue weighted by Gasteiger charge is 2.18. The Morgan fingerprint density at radius 1 is 1.07 bits per heavy atom. The molecule has 0 fully saturated rings. The second-order valence-corrected chi connectivity index (χ2v) is 5.25. The van der Waals surface area contributed by atoms with Gasteiger partial charge in [-0.25, -0.2) is 0 Å². The van der Waals surface area contributed by atoms with Gasteiger partial charge in [-0.3, -0.25) is 0 Å². The van der Waals surface area contributed by atoms with Gasteiger partial charge in [-0.05, 0) is 13.8 Å². The number of halogens is 1. The number of nitrogens with zero attached hydrogens (tertiary/aromatic N) is 1. The third-order valence-corrected chi connectivity index (χ3v) is 3.25. The smallest absolute Gasteiger partial charge is 0.299 e. The first-order valence-corrected chi connectivity index (χ1v) is 7.14. The standard InChI is InChI=1S/C8H18ClNO4S/c1-3-13-7-5-10(15(9,11)12)6-8-14-4-2/h3-8H2,1-2H3. The van der Waals surface area contributed by atoms with E-state index in [1.165, 1.54) is 0 Å². The number of hydrogen-bond donors (Lipinski definition) is 0. The maximum atomic E-state index is 11.1. The summed E-state index contributed by atoms with van der Waals surface area (Å²) in [4.78, 5) is 0. The lowest BCUT2D eigenvalue weighted by Gasteiger charge is -2.17. The Labute approximate surface area is 95.8 Å². The van der Waals surface area contributed by atoms with E-state index in [1.807, 2.05) is 13.8 Å². The SMILES string of the molecule is CCOCCN(CCOCC)S(=O)(=O)Cl. The Kier molecular flexibility index (Phi) is 8.36. The Morgan fingerprint density at radius 3 is 1.73 bits per heavy atom. The molecule has 0 spiro atoms. The minimum Gasteiger partial charge on any atom is -0.380 e. The number of rotatable bonds is 9. The largest absolute Gasteiger partial charge is 0.380 e. The van der Waals surface area contributed by atoms with Gasteiger partial charge in [0.2, 0.25) is 0 Å². The minimum absolute atomic E-state index is 0.257. The normalized spacial score (nSPS) is 12.3. The highest BCUT2D eigenvalue weighted by atomic mass is 35.7. The van der Waals surface area contributed by atoms with Crippen LogP contribution in [0.2, 0.25) is 0 Å². The average molecular weight is 260 g/mol. The van der Waals surface area contributed by atoms with Crippen molar-refractivity contribution >= 4 is 19.9 Å². The van der Waals surface area contributed by atoms with Gasteiger partial charge >= 0.3 is 0 Å². The molecule has 0 aliphatic heterocycles. The van der Waals surface area contributed by atoms with E-state index in [1.54, 1.807) is 0 Å². The molecule has 0 bridgehead atoms. The summed E-state index contributed by atoms with van der Waals surface area (Å²) in [5, 5.41) is 0. The molecule has 15 heavy (non-hydrogen) atoms. The predicted molar refractivity (Wildman–Crippen MR) is 59.3 cm³/mol. The molecule has 0 N–H and O–H groups in total. The van der Waals surface area contributed by atoms with E-state index in [4.69, 9.17) is 20.2 Å². The zero-order valence-corrected chi connectivity index (χ0v) is 10.7. The summed E-state index contributed by atoms with van der Waals surface area (Å²) in [6.07, 6.45) is 0. The van der Waals surface area contributed by atoms with Crippen LogP contribution in [-0.4, -0.2) is 52.2 Å². The van der Waals surface area contributed by atoms with Gasteiger partial charge in [0.15, 0.2) is 0 Å². The highest BCUT2D eigenvalue weighted by Crippen LogP contribution is 2.05. The fourth-order valence-electron chi connectivity index (χ4n) is 0.951. The molecule has 92 valence electrons. The summed E-state index contributed by atoms with van der Waals surface area (Å²) in [5.41, 5.74) is 0. The van der Waals surface area contributed by atoms with E-state index in [-0.39, 0.29) is 13.1 Å². The van der Waals surface area contributed by atoms with Crippen LogP contribution in [0, 0.1) is 0 Å². The second kappa shape index (κ2) is 8.29. The van der Waals surface area contributed by atoms with Gasteiger partial charge < -0.3 is 9.47 Å². The zero-order valence-electron chi connectivity index (χ0n) is 9.11. The molecule has 0 atom stereocenters. The summed E-state index contributed by atoms with van der Waals surface area (Å²) >= 11 is 0. The summed E-state index contributed by atoms with van der Waals surface area (Å²) in [5.74, 6) is 0. The van der Waals surface area contributed by atoms with Crippen molar-refractivity contribution in [2.45, 2.75) is 13.8 Å². The van der Waals surface area contributed by atoms with E-state index in [9.17, 15) is 8.42 Å². The van der Waals surface area contributed by atoms with E-state index in [2.05, 4.69) is 0 Å². The van der Waals surface area contributed by atoms with Crippen molar-refractivity contribution in [3.63, 3.8) is 0 Å². The van der Waals surface area contributed by atoms with Gasteiger partial charge in [0, 0.05) is 37.0 Å². The molecule has 0 aromatic rings. The maximum Gasteiger partial charge on any atom is 0.299 e. The molecule has 0 radical (unpaired) electrons. The molecular weight excluding hydrogens is 242 g/mol. The molecule has 7 heteroatoms. The van der Waals surface area contributed by atoms with Crippen molar-refractivity contribution in [2.75, 3.05) is 39.5 Å². The Hall–Kier alpha value is 0.120. The molecule has 0 heterocycles. The highest BCUT2D eigenvalue weighted by molar-refractivity contribution is 8.11. The fraction of sp³-hybridized carbons (Fsp3) is 1.00. The maximum absolute atomic E-state index is 11.1. The summed E-state index contributed by atoms with van der Waals surface area (Å²) in [7, 11) is 1.56. The molecule has 0 saturated carbocycles. The van der Waals surface area contributed by atoms with Crippen molar-refractivity contribution in [1.82, 2.24) is 4.31 Å². The van der Waals surface area contributed by atoms with Crippen molar-refractivity contribution in [1.29, 1.82) is 0 Å². The van der Waals surface area contributed by atoms with Crippen LogP contribution in [0.4, 0.5) is 0 Å². The Bertz CT molecular complexity index is 235. The number of hydrogen-bond acceptors (Lipinski definition) is 4. The Balaban J connectivity index is 3.97. The predicted octanol–water partition coefficient (Wildman–Crippen LogP) is 0.845. The van der Waals surface area contributed by atoms with Crippen LogP contribution in [0.3, 0.4) is 0 Å². The van der Waals surface area contributed by atoms with Crippen LogP contribution in [0.25, 0.3) is 0 Å². The molecule has 0 amide bonds. The topological polar surface area (TPSA) is 55.8 Å². The third-order valence-electron chi connectivity index (χ3n) is 1.69. The van der Waals surface area contributed by atoms with Crippen molar-refractivity contribution in [3.8, 4) is 0 Å². The zero-order chi connectivity index (χ0) is 11.7. The van der Waals surface area contributed by atoms with Gasteiger partial charge in [0.25, 0.3) is 9.24 Å². The third kappa shape index (κ3) is 7.98. The minimum atomic E-state index is -3.68. The molecule has 0 aromatic carbocycles. The Morgan fingerprint density at radius 2 is 1.47 bits per heavy atom. The van der Waals surface area contributed by atoms with Crippen LogP contribution in [0.5, 0.6) is 0 Å². The van der Waals surface area contributed by atoms with Crippen molar-refractivity contribution in [2.24, 2.45) is 0 Å². The van der Waals surface area contributed by atoms with Crippen molar-refractivity contribution in [3.05, 3.63) is 0 Å². The van der Waals surface area contributed by atoms with Gasteiger partial charge in [-0.2, -0.15) is 12.7 Å². The molecule has 5 nitrogen and oxygen atoms in total. The van der Waals surface area contributed by atoms with Crippen LogP contribution < -0.4 is 0 Å². The first kappa shape index (κ1) is 15.1. The van der Waals surface area contributed by atoms with Crippen LogP contribution in [0.1, 0.15) is 13.8 Å². The summed E-state index contributed by atoms with van der Waals surface area (Å²) in [6.45, 7) is 6.01. The van der Waals surface area contributed by atoms with E-state index < -0.39 is 9.24 Å². The molecule has 0 aromatic heterocycles. The lowest BCUT2D eigenvalue weighted by Crippen LogP contribution is -2.33. The molecule has 0 aliphatic carbocycles. The molecule has 0 unspecified atom stereocenters. The molecule has 0 aliphatic rings. The second-order valence-electron chi connectivity index (χ2n) is 2.73. The average Bonchev–Trinajstić information content (AvgIpc) is 2.14. The first-order chi connectivity index (χ1) is 7.02. The van der Waals surface area contributed by atoms with Crippen LogP contribution >= 0.6 is 10.7 Å². The van der Waals surface area contributed by atoms with E-state index in [0.717, 1.165) is 4.31 Å².